The lowest BCUT2D eigenvalue weighted by Crippen LogP contribution is -2.29. The van der Waals surface area contributed by atoms with Gasteiger partial charge in [-0.15, -0.1) is 0 Å². The number of ether oxygens (including phenoxy) is 2. The minimum atomic E-state index is -0.487. The van der Waals surface area contributed by atoms with Crippen LogP contribution in [0.4, 0.5) is 0 Å². The number of carbonyl (C=O) groups excluding carboxylic acids is 1. The summed E-state index contributed by atoms with van der Waals surface area (Å²) in [6, 6.07) is 9.41. The van der Waals surface area contributed by atoms with Crippen molar-refractivity contribution in [3.63, 3.8) is 0 Å². The number of rotatable bonds is 8. The average molecular weight is 250 g/mol. The Morgan fingerprint density at radius 3 is 2.50 bits per heavy atom. The summed E-state index contributed by atoms with van der Waals surface area (Å²) >= 11 is 0. The maximum atomic E-state index is 11.8. The third-order valence-corrected chi connectivity index (χ3v) is 2.64. The van der Waals surface area contributed by atoms with Gasteiger partial charge in [-0.3, -0.25) is 0 Å². The molecule has 0 bridgehead atoms. The van der Waals surface area contributed by atoms with Crippen LogP contribution in [0.2, 0.25) is 0 Å². The molecular weight excluding hydrogens is 228 g/mol. The summed E-state index contributed by atoms with van der Waals surface area (Å²) < 4.78 is 10.7. The first-order chi connectivity index (χ1) is 8.77. The zero-order valence-electron chi connectivity index (χ0n) is 11.2. The maximum absolute atomic E-state index is 11.8. The summed E-state index contributed by atoms with van der Waals surface area (Å²) in [6.07, 6.45) is 3.43. The van der Waals surface area contributed by atoms with Crippen LogP contribution in [-0.4, -0.2) is 18.7 Å². The standard InChI is InChI=1S/C15H22O3/c1-3-5-7-12-14(15(16)17-4-2)18-13-10-8-6-9-11-13/h6,8-11,14H,3-5,7,12H2,1-2H3. The molecule has 3 heteroatoms. The fourth-order valence-corrected chi connectivity index (χ4v) is 1.70. The van der Waals surface area contributed by atoms with Crippen LogP contribution in [-0.2, 0) is 9.53 Å². The zero-order chi connectivity index (χ0) is 13.2. The number of para-hydroxylation sites is 1. The molecule has 18 heavy (non-hydrogen) atoms. The van der Waals surface area contributed by atoms with Gasteiger partial charge in [-0.2, -0.15) is 0 Å². The molecule has 1 aromatic rings. The van der Waals surface area contributed by atoms with Crippen LogP contribution in [0.3, 0.4) is 0 Å². The molecule has 1 atom stereocenters. The highest BCUT2D eigenvalue weighted by atomic mass is 16.6. The van der Waals surface area contributed by atoms with Crippen LogP contribution in [0, 0.1) is 0 Å². The van der Waals surface area contributed by atoms with Crippen molar-refractivity contribution in [2.45, 2.75) is 45.6 Å². The third-order valence-electron chi connectivity index (χ3n) is 2.64. The van der Waals surface area contributed by atoms with Crippen molar-refractivity contribution in [2.75, 3.05) is 6.61 Å². The van der Waals surface area contributed by atoms with E-state index in [9.17, 15) is 4.79 Å². The monoisotopic (exact) mass is 250 g/mol. The van der Waals surface area contributed by atoms with E-state index in [0.29, 0.717) is 18.8 Å². The highest BCUT2D eigenvalue weighted by molar-refractivity contribution is 5.75. The van der Waals surface area contributed by atoms with Crippen LogP contribution in [0.25, 0.3) is 0 Å². The van der Waals surface area contributed by atoms with Gasteiger partial charge >= 0.3 is 5.97 Å². The SMILES string of the molecule is CCCCCC(Oc1ccccc1)C(=O)OCC. The molecule has 0 amide bonds. The van der Waals surface area contributed by atoms with E-state index in [2.05, 4.69) is 6.92 Å². The first-order valence-electron chi connectivity index (χ1n) is 6.66. The van der Waals surface area contributed by atoms with Gasteiger partial charge in [0.25, 0.3) is 0 Å². The predicted molar refractivity (Wildman–Crippen MR) is 71.6 cm³/mol. The molecule has 0 fully saturated rings. The minimum Gasteiger partial charge on any atom is -0.479 e. The average Bonchev–Trinajstić information content (AvgIpc) is 2.39. The summed E-state index contributed by atoms with van der Waals surface area (Å²) in [6.45, 7) is 4.34. The second-order valence-electron chi connectivity index (χ2n) is 4.17. The van der Waals surface area contributed by atoms with Gasteiger partial charge in [0, 0.05) is 0 Å². The first-order valence-corrected chi connectivity index (χ1v) is 6.66. The molecule has 1 aromatic carbocycles. The van der Waals surface area contributed by atoms with Crippen molar-refractivity contribution in [1.82, 2.24) is 0 Å². The fraction of sp³-hybridized carbons (Fsp3) is 0.533. The quantitative estimate of drug-likeness (QED) is 0.522. The highest BCUT2D eigenvalue weighted by Crippen LogP contribution is 2.15. The molecule has 1 unspecified atom stereocenters. The molecule has 0 saturated carbocycles. The molecule has 0 N–H and O–H groups in total. The van der Waals surface area contributed by atoms with Crippen molar-refractivity contribution in [2.24, 2.45) is 0 Å². The number of carbonyl (C=O) groups is 1. The molecule has 0 aliphatic rings. The van der Waals surface area contributed by atoms with Gasteiger partial charge in [-0.1, -0.05) is 38.0 Å². The molecule has 1 rings (SSSR count). The molecule has 0 aliphatic carbocycles. The minimum absolute atomic E-state index is 0.266. The van der Waals surface area contributed by atoms with Crippen molar-refractivity contribution < 1.29 is 14.3 Å². The first kappa shape index (κ1) is 14.6. The van der Waals surface area contributed by atoms with Crippen LogP contribution in [0.5, 0.6) is 5.75 Å². The van der Waals surface area contributed by atoms with Gasteiger partial charge in [0.1, 0.15) is 5.75 Å². The summed E-state index contributed by atoms with van der Waals surface area (Å²) in [5, 5.41) is 0. The number of hydrogen-bond donors (Lipinski definition) is 0. The van der Waals surface area contributed by atoms with E-state index in [4.69, 9.17) is 9.47 Å². The molecule has 0 spiro atoms. The molecular formula is C15H22O3. The normalized spacial score (nSPS) is 11.9. The van der Waals surface area contributed by atoms with Gasteiger partial charge in [0.2, 0.25) is 0 Å². The summed E-state index contributed by atoms with van der Waals surface area (Å²) in [7, 11) is 0. The molecule has 3 nitrogen and oxygen atoms in total. The van der Waals surface area contributed by atoms with E-state index in [1.165, 1.54) is 0 Å². The van der Waals surface area contributed by atoms with Gasteiger partial charge in [-0.25, -0.2) is 4.79 Å². The molecule has 100 valence electrons. The lowest BCUT2D eigenvalue weighted by Gasteiger charge is -2.17. The Morgan fingerprint density at radius 1 is 1.17 bits per heavy atom. The van der Waals surface area contributed by atoms with E-state index in [0.717, 1.165) is 19.3 Å². The Bertz CT molecular complexity index is 335. The van der Waals surface area contributed by atoms with Gasteiger partial charge in [0.15, 0.2) is 6.10 Å². The Kier molecular flexibility index (Phi) is 6.92. The summed E-state index contributed by atoms with van der Waals surface area (Å²) in [4.78, 5) is 11.8. The van der Waals surface area contributed by atoms with E-state index < -0.39 is 6.10 Å². The van der Waals surface area contributed by atoms with Crippen molar-refractivity contribution >= 4 is 5.97 Å². The van der Waals surface area contributed by atoms with Crippen molar-refractivity contribution in [3.8, 4) is 5.75 Å². The molecule has 0 saturated heterocycles. The Morgan fingerprint density at radius 2 is 1.89 bits per heavy atom. The Balaban J connectivity index is 2.56. The molecule has 0 aromatic heterocycles. The van der Waals surface area contributed by atoms with Crippen LogP contribution < -0.4 is 4.74 Å². The second-order valence-corrected chi connectivity index (χ2v) is 4.17. The van der Waals surface area contributed by atoms with Crippen molar-refractivity contribution in [1.29, 1.82) is 0 Å². The fourth-order valence-electron chi connectivity index (χ4n) is 1.70. The van der Waals surface area contributed by atoms with Gasteiger partial charge < -0.3 is 9.47 Å². The van der Waals surface area contributed by atoms with E-state index in [1.807, 2.05) is 37.3 Å². The smallest absolute Gasteiger partial charge is 0.347 e. The molecule has 0 heterocycles. The van der Waals surface area contributed by atoms with E-state index in [1.54, 1.807) is 0 Å². The summed E-state index contributed by atoms with van der Waals surface area (Å²) in [5.41, 5.74) is 0. The predicted octanol–water partition coefficient (Wildman–Crippen LogP) is 3.58. The topological polar surface area (TPSA) is 35.5 Å². The lowest BCUT2D eigenvalue weighted by atomic mass is 10.1. The number of hydrogen-bond acceptors (Lipinski definition) is 3. The number of benzene rings is 1. The Hall–Kier alpha value is -1.51. The summed E-state index contributed by atoms with van der Waals surface area (Å²) in [5.74, 6) is 0.449. The highest BCUT2D eigenvalue weighted by Gasteiger charge is 2.21. The van der Waals surface area contributed by atoms with E-state index >= 15 is 0 Å². The van der Waals surface area contributed by atoms with Crippen LogP contribution in [0.15, 0.2) is 30.3 Å². The largest absolute Gasteiger partial charge is 0.479 e. The van der Waals surface area contributed by atoms with E-state index in [-0.39, 0.29) is 5.97 Å². The van der Waals surface area contributed by atoms with Crippen LogP contribution >= 0.6 is 0 Å². The number of unbranched alkanes of at least 4 members (excludes halogenated alkanes) is 2. The van der Waals surface area contributed by atoms with Crippen LogP contribution in [0.1, 0.15) is 39.5 Å². The Labute approximate surface area is 109 Å². The number of esters is 1. The maximum Gasteiger partial charge on any atom is 0.347 e. The zero-order valence-corrected chi connectivity index (χ0v) is 11.2. The van der Waals surface area contributed by atoms with Gasteiger partial charge in [-0.05, 0) is 31.9 Å². The third kappa shape index (κ3) is 5.21. The molecule has 0 aliphatic heterocycles. The molecule has 0 radical (unpaired) electrons. The van der Waals surface area contributed by atoms with Gasteiger partial charge in [0.05, 0.1) is 6.61 Å². The lowest BCUT2D eigenvalue weighted by molar-refractivity contribution is -0.151. The second kappa shape index (κ2) is 8.56. The van der Waals surface area contributed by atoms with Crippen molar-refractivity contribution in [3.05, 3.63) is 30.3 Å².